The largest absolute Gasteiger partial charge is 0.493 e. The van der Waals surface area contributed by atoms with E-state index >= 15 is 0 Å². The lowest BCUT2D eigenvalue weighted by Gasteiger charge is -2.32. The first-order chi connectivity index (χ1) is 16.2. The van der Waals surface area contributed by atoms with Gasteiger partial charge in [-0.3, -0.25) is 4.90 Å². The number of sulfonamides is 1. The van der Waals surface area contributed by atoms with Crippen LogP contribution >= 0.6 is 0 Å². The predicted molar refractivity (Wildman–Crippen MR) is 131 cm³/mol. The molecule has 1 aromatic heterocycles. The van der Waals surface area contributed by atoms with E-state index in [1.165, 1.54) is 17.7 Å². The predicted octanol–water partition coefficient (Wildman–Crippen LogP) is 3.60. The lowest BCUT2D eigenvalue weighted by atomic mass is 10.0. The molecule has 34 heavy (non-hydrogen) atoms. The van der Waals surface area contributed by atoms with Crippen LogP contribution in [0.25, 0.3) is 11.1 Å². The van der Waals surface area contributed by atoms with Crippen LogP contribution in [0.1, 0.15) is 32.3 Å². The van der Waals surface area contributed by atoms with Gasteiger partial charge in [0, 0.05) is 25.7 Å². The van der Waals surface area contributed by atoms with Gasteiger partial charge in [-0.15, -0.1) is 0 Å². The lowest BCUT2D eigenvalue weighted by Crippen LogP contribution is -2.38. The number of methoxy groups -OCH3 is 1. The van der Waals surface area contributed by atoms with Crippen LogP contribution < -0.4 is 19.9 Å². The van der Waals surface area contributed by atoms with Crippen molar-refractivity contribution in [1.29, 1.82) is 0 Å². The minimum absolute atomic E-state index is 0.0180. The standard InChI is InChI=1S/C24H32N4O5S/c1-16(2)15-32-23-12-17(4-6-22(23)31-3)14-28-10-8-18(9-11-28)26-24-27-20-13-19(34(25,29)30)5-7-21(20)33-24/h4-7,12-13,16,18H,8-11,14-15H2,1-3H3,(H,26,27)(H2,25,29,30). The highest BCUT2D eigenvalue weighted by Crippen LogP contribution is 2.30. The highest BCUT2D eigenvalue weighted by atomic mass is 32.2. The summed E-state index contributed by atoms with van der Waals surface area (Å²) < 4.78 is 40.2. The maximum absolute atomic E-state index is 11.6. The second-order valence-corrected chi connectivity index (χ2v) is 10.6. The molecule has 9 nitrogen and oxygen atoms in total. The van der Waals surface area contributed by atoms with Crippen LogP contribution in [0.15, 0.2) is 45.7 Å². The zero-order valence-electron chi connectivity index (χ0n) is 19.8. The van der Waals surface area contributed by atoms with Crippen molar-refractivity contribution < 1.29 is 22.3 Å². The Bertz CT molecular complexity index is 1230. The number of likely N-dealkylation sites (tertiary alicyclic amines) is 1. The van der Waals surface area contributed by atoms with Gasteiger partial charge in [-0.05, 0) is 54.7 Å². The van der Waals surface area contributed by atoms with Crippen molar-refractivity contribution in [3.05, 3.63) is 42.0 Å². The molecule has 0 aliphatic carbocycles. The minimum Gasteiger partial charge on any atom is -0.493 e. The number of nitrogens with zero attached hydrogens (tertiary/aromatic N) is 2. The van der Waals surface area contributed by atoms with Gasteiger partial charge in [0.2, 0.25) is 10.0 Å². The van der Waals surface area contributed by atoms with Crippen LogP contribution in [0.2, 0.25) is 0 Å². The summed E-state index contributed by atoms with van der Waals surface area (Å²) in [6, 6.07) is 11.2. The second-order valence-electron chi connectivity index (χ2n) is 9.08. The first-order valence-electron chi connectivity index (χ1n) is 11.4. The summed E-state index contributed by atoms with van der Waals surface area (Å²) in [4.78, 5) is 6.82. The number of ether oxygens (including phenoxy) is 2. The number of fused-ring (bicyclic) bond motifs is 1. The Morgan fingerprint density at radius 2 is 1.94 bits per heavy atom. The smallest absolute Gasteiger partial charge is 0.295 e. The molecule has 0 atom stereocenters. The van der Waals surface area contributed by atoms with Crippen LogP contribution in [-0.4, -0.2) is 51.1 Å². The molecule has 184 valence electrons. The number of nitrogens with one attached hydrogen (secondary N) is 1. The average Bonchev–Trinajstić information content (AvgIpc) is 3.20. The summed E-state index contributed by atoms with van der Waals surface area (Å²) in [6.45, 7) is 7.60. The van der Waals surface area contributed by atoms with E-state index in [1.54, 1.807) is 13.2 Å². The minimum atomic E-state index is -3.78. The number of benzene rings is 2. The number of hydrogen-bond acceptors (Lipinski definition) is 8. The molecule has 0 radical (unpaired) electrons. The molecule has 2 aromatic carbocycles. The van der Waals surface area contributed by atoms with Crippen molar-refractivity contribution in [3.63, 3.8) is 0 Å². The topological polar surface area (TPSA) is 120 Å². The zero-order valence-corrected chi connectivity index (χ0v) is 20.6. The Kier molecular flexibility index (Phi) is 7.30. The Labute approximate surface area is 200 Å². The second kappa shape index (κ2) is 10.2. The Morgan fingerprint density at radius 3 is 2.62 bits per heavy atom. The van der Waals surface area contributed by atoms with Crippen molar-refractivity contribution in [2.45, 2.75) is 44.2 Å². The molecule has 1 fully saturated rings. The van der Waals surface area contributed by atoms with E-state index in [0.717, 1.165) is 44.0 Å². The summed E-state index contributed by atoms with van der Waals surface area (Å²) >= 11 is 0. The number of aromatic nitrogens is 1. The van der Waals surface area contributed by atoms with Gasteiger partial charge in [-0.25, -0.2) is 13.6 Å². The molecule has 3 N–H and O–H groups in total. The SMILES string of the molecule is COc1ccc(CN2CCC(Nc3nc4cc(S(N)(=O)=O)ccc4o3)CC2)cc1OCC(C)C. The quantitative estimate of drug-likeness (QED) is 0.469. The van der Waals surface area contributed by atoms with Gasteiger partial charge in [0.05, 0.1) is 18.6 Å². The first-order valence-corrected chi connectivity index (χ1v) is 13.0. The normalized spacial score (nSPS) is 15.7. The van der Waals surface area contributed by atoms with E-state index in [9.17, 15) is 8.42 Å². The molecule has 4 rings (SSSR count). The number of rotatable bonds is 9. The molecule has 3 aromatic rings. The van der Waals surface area contributed by atoms with Crippen molar-refractivity contribution in [1.82, 2.24) is 9.88 Å². The van der Waals surface area contributed by atoms with Crippen molar-refractivity contribution in [3.8, 4) is 11.5 Å². The molecule has 2 heterocycles. The molecule has 1 aliphatic rings. The van der Waals surface area contributed by atoms with Crippen LogP contribution in [0, 0.1) is 5.92 Å². The number of nitrogens with two attached hydrogens (primary N) is 1. The fourth-order valence-corrected chi connectivity index (χ4v) is 4.54. The molecule has 0 unspecified atom stereocenters. The number of oxazole rings is 1. The van der Waals surface area contributed by atoms with Crippen molar-refractivity contribution >= 4 is 27.1 Å². The molecule has 0 bridgehead atoms. The lowest BCUT2D eigenvalue weighted by molar-refractivity contribution is 0.209. The van der Waals surface area contributed by atoms with Crippen LogP contribution in [-0.2, 0) is 16.6 Å². The molecule has 0 saturated carbocycles. The molecular weight excluding hydrogens is 456 g/mol. The fraction of sp³-hybridized carbons (Fsp3) is 0.458. The van der Waals surface area contributed by atoms with Gasteiger partial charge in [0.15, 0.2) is 17.1 Å². The van der Waals surface area contributed by atoms with E-state index in [-0.39, 0.29) is 10.9 Å². The number of hydrogen-bond donors (Lipinski definition) is 2. The van der Waals surface area contributed by atoms with E-state index in [4.69, 9.17) is 19.0 Å². The third-order valence-electron chi connectivity index (χ3n) is 5.81. The van der Waals surface area contributed by atoms with Crippen molar-refractivity contribution in [2.24, 2.45) is 11.1 Å². The zero-order chi connectivity index (χ0) is 24.3. The highest BCUT2D eigenvalue weighted by Gasteiger charge is 2.22. The number of anilines is 1. The Morgan fingerprint density at radius 1 is 1.18 bits per heavy atom. The van der Waals surface area contributed by atoms with Crippen LogP contribution in [0.5, 0.6) is 11.5 Å². The third kappa shape index (κ3) is 5.99. The third-order valence-corrected chi connectivity index (χ3v) is 6.72. The molecule has 0 amide bonds. The Balaban J connectivity index is 1.33. The average molecular weight is 489 g/mol. The molecule has 1 aliphatic heterocycles. The summed E-state index contributed by atoms with van der Waals surface area (Å²) in [7, 11) is -2.12. The van der Waals surface area contributed by atoms with Gasteiger partial charge in [0.25, 0.3) is 6.01 Å². The van der Waals surface area contributed by atoms with Gasteiger partial charge in [-0.2, -0.15) is 4.98 Å². The monoisotopic (exact) mass is 488 g/mol. The van der Waals surface area contributed by atoms with E-state index in [1.807, 2.05) is 6.07 Å². The van der Waals surface area contributed by atoms with Gasteiger partial charge >= 0.3 is 0 Å². The summed E-state index contributed by atoms with van der Waals surface area (Å²) in [5.41, 5.74) is 2.17. The van der Waals surface area contributed by atoms with Crippen molar-refractivity contribution in [2.75, 3.05) is 32.1 Å². The fourth-order valence-electron chi connectivity index (χ4n) is 4.00. The number of piperidine rings is 1. The van der Waals surface area contributed by atoms with Gasteiger partial charge < -0.3 is 19.2 Å². The van der Waals surface area contributed by atoms with Crippen LogP contribution in [0.4, 0.5) is 6.01 Å². The first kappa shape index (κ1) is 24.3. The van der Waals surface area contributed by atoms with Crippen LogP contribution in [0.3, 0.4) is 0 Å². The molecule has 0 spiro atoms. The maximum atomic E-state index is 11.6. The highest BCUT2D eigenvalue weighted by molar-refractivity contribution is 7.89. The van der Waals surface area contributed by atoms with E-state index in [2.05, 4.69) is 41.2 Å². The molecule has 10 heteroatoms. The Hall–Kier alpha value is -2.82. The van der Waals surface area contributed by atoms with E-state index in [0.29, 0.717) is 29.6 Å². The maximum Gasteiger partial charge on any atom is 0.295 e. The summed E-state index contributed by atoms with van der Waals surface area (Å²) in [5.74, 6) is 1.98. The molecular formula is C24H32N4O5S. The summed E-state index contributed by atoms with van der Waals surface area (Å²) in [6.07, 6.45) is 1.88. The van der Waals surface area contributed by atoms with Gasteiger partial charge in [-0.1, -0.05) is 19.9 Å². The number of primary sulfonamides is 1. The van der Waals surface area contributed by atoms with E-state index < -0.39 is 10.0 Å². The summed E-state index contributed by atoms with van der Waals surface area (Å²) in [5, 5.41) is 8.54. The molecule has 1 saturated heterocycles. The van der Waals surface area contributed by atoms with Gasteiger partial charge in [0.1, 0.15) is 5.52 Å².